The summed E-state index contributed by atoms with van der Waals surface area (Å²) in [6.07, 6.45) is 14.3. The highest BCUT2D eigenvalue weighted by Crippen LogP contribution is 2.39. The lowest BCUT2D eigenvalue weighted by Crippen LogP contribution is -2.45. The molecule has 7 rings (SSSR count). The van der Waals surface area contributed by atoms with Crippen LogP contribution in [0.1, 0.15) is 70.4 Å². The number of para-hydroxylation sites is 1. The number of amides is 3. The molecule has 0 saturated carbocycles. The summed E-state index contributed by atoms with van der Waals surface area (Å²) >= 11 is 18.2. The highest BCUT2D eigenvalue weighted by atomic mass is 35.5. The molecular weight excluding hydrogens is 1110 g/mol. The van der Waals surface area contributed by atoms with Gasteiger partial charge in [-0.3, -0.25) is 29.4 Å². The standard InChI is InChI=1S/C18H17FN4O2S.C15H22ClNO2.C11H13Cl2NO3.C3H8NO5P.C3H9S/c1-4-5-22-13-7-12(11(19)6-14(13)25-9-16(22)24)20-17-23-10-18(2,3)8-15(23)21-26-17;1-5-13-8-6-7-11(2)15(13)17(14(18)9-16)12(3)10-19-4;1-11(2)14(10(15)9(12)13)6-8(17-11)7-4-3-5-16-7;5-3(6)1-4-2-10(7,8)9;1-4(2)3/h1,6-7H,5,8-10H2,2-3H3;6-8,12H,5,9-10H2,1-4H3;3-5,8-9H,6H2,1-2H3;4H,1-2H2,(H,5,6)(H2,7,8,9);1-3H3/q;;;;+1/p-1/b20-17-;;;;. The topological polar surface area (TPSA) is 242 Å². The minimum absolute atomic E-state index is 0.0223. The fourth-order valence-electron chi connectivity index (χ4n) is 7.80. The second kappa shape index (κ2) is 30.0. The first-order valence-corrected chi connectivity index (χ1v) is 29.9. The molecule has 2 aromatic heterocycles. The van der Waals surface area contributed by atoms with Crippen LogP contribution in [0.15, 0.2) is 58.1 Å². The number of alkyl halides is 3. The van der Waals surface area contributed by atoms with E-state index in [9.17, 15) is 33.0 Å². The van der Waals surface area contributed by atoms with Crippen molar-refractivity contribution in [2.75, 3.05) is 80.7 Å². The Morgan fingerprint density at radius 2 is 1.86 bits per heavy atom. The number of rotatable bonds is 14. The number of carbonyl (C=O) groups is 4. The smallest absolute Gasteiger partial charge is 0.317 e. The van der Waals surface area contributed by atoms with Gasteiger partial charge < -0.3 is 52.5 Å². The maximum atomic E-state index is 14.5. The molecule has 0 bridgehead atoms. The molecule has 3 aliphatic heterocycles. The Morgan fingerprint density at radius 3 is 2.41 bits per heavy atom. The van der Waals surface area contributed by atoms with Crippen molar-refractivity contribution < 1.29 is 61.7 Å². The van der Waals surface area contributed by atoms with Gasteiger partial charge in [0.15, 0.2) is 17.3 Å². The van der Waals surface area contributed by atoms with Crippen LogP contribution in [-0.4, -0.2) is 135 Å². The molecule has 3 atom stereocenters. The third kappa shape index (κ3) is 19.7. The Kier molecular flexibility index (Phi) is 26.0. The lowest BCUT2D eigenvalue weighted by Gasteiger charge is -2.31. The van der Waals surface area contributed by atoms with E-state index in [1.807, 2.05) is 41.9 Å². The summed E-state index contributed by atoms with van der Waals surface area (Å²) in [5, 5.41) is 9.97. The highest BCUT2D eigenvalue weighted by Gasteiger charge is 2.45. The van der Waals surface area contributed by atoms with Crippen LogP contribution in [0.4, 0.5) is 21.5 Å². The molecule has 3 aliphatic rings. The fraction of sp³-hybridized carbons (Fsp3) is 0.520. The molecule has 26 heteroatoms. The number of hydrogen-bond acceptors (Lipinski definition) is 14. The van der Waals surface area contributed by atoms with Gasteiger partial charge in [0.05, 0.1) is 75.0 Å². The molecule has 19 nitrogen and oxygen atoms in total. The van der Waals surface area contributed by atoms with E-state index in [1.54, 1.807) is 38.2 Å². The van der Waals surface area contributed by atoms with Gasteiger partial charge >= 0.3 is 5.97 Å². The van der Waals surface area contributed by atoms with Gasteiger partial charge in [0.1, 0.15) is 48.3 Å². The molecule has 420 valence electrons. The summed E-state index contributed by atoms with van der Waals surface area (Å²) in [6, 6.07) is 12.4. The Labute approximate surface area is 465 Å². The minimum atomic E-state index is -4.35. The number of anilines is 2. The number of terminal acetylenes is 1. The second-order valence-electron chi connectivity index (χ2n) is 19.0. The molecule has 1 fully saturated rings. The predicted molar refractivity (Wildman–Crippen MR) is 295 cm³/mol. The van der Waals surface area contributed by atoms with Crippen molar-refractivity contribution in [2.45, 2.75) is 90.6 Å². The largest absolute Gasteiger partial charge is 0.778 e. The predicted octanol–water partition coefficient (Wildman–Crippen LogP) is 6.80. The van der Waals surface area contributed by atoms with Gasteiger partial charge in [0.2, 0.25) is 10.7 Å². The Bertz CT molecular complexity index is 2750. The van der Waals surface area contributed by atoms with Crippen molar-refractivity contribution in [3.05, 3.63) is 82.1 Å². The van der Waals surface area contributed by atoms with E-state index < -0.39 is 42.8 Å². The van der Waals surface area contributed by atoms with E-state index in [1.165, 1.54) is 33.5 Å². The van der Waals surface area contributed by atoms with Gasteiger partial charge in [-0.05, 0) is 79.8 Å². The van der Waals surface area contributed by atoms with Gasteiger partial charge in [0.25, 0.3) is 11.8 Å². The van der Waals surface area contributed by atoms with Crippen LogP contribution in [0.5, 0.6) is 5.75 Å². The van der Waals surface area contributed by atoms with Crippen LogP contribution < -0.4 is 29.5 Å². The lowest BCUT2D eigenvalue weighted by molar-refractivity contribution is -0.193. The number of aromatic nitrogens is 2. The number of ether oxygens (including phenoxy) is 3. The number of carboxylic acid groups (broad SMARTS) is 1. The van der Waals surface area contributed by atoms with Gasteiger partial charge in [-0.15, -0.1) is 18.0 Å². The van der Waals surface area contributed by atoms with Crippen molar-refractivity contribution in [3.8, 4) is 18.1 Å². The van der Waals surface area contributed by atoms with Crippen molar-refractivity contribution >= 4 is 106 Å². The number of halogens is 4. The van der Waals surface area contributed by atoms with Crippen molar-refractivity contribution in [3.63, 3.8) is 0 Å². The number of nitrogens with one attached hydrogen (secondary N) is 1. The Hall–Kier alpha value is -4.50. The van der Waals surface area contributed by atoms with Crippen LogP contribution in [0.2, 0.25) is 0 Å². The summed E-state index contributed by atoms with van der Waals surface area (Å²) in [5.74, 6) is 1.97. The average molecular weight is 1180 g/mol. The zero-order valence-corrected chi connectivity index (χ0v) is 49.2. The van der Waals surface area contributed by atoms with Gasteiger partial charge in [-0.2, -0.15) is 4.37 Å². The second-order valence-corrected chi connectivity index (χ2v) is 25.1. The van der Waals surface area contributed by atoms with Crippen molar-refractivity contribution in [1.29, 1.82) is 0 Å². The van der Waals surface area contributed by atoms with Gasteiger partial charge in [-0.1, -0.05) is 68.1 Å². The number of benzene rings is 2. The summed E-state index contributed by atoms with van der Waals surface area (Å²) in [7, 11) is -2.07. The number of aliphatic carboxylic acids is 1. The molecule has 3 N–H and O–H groups in total. The average Bonchev–Trinajstić information content (AvgIpc) is 4.12. The van der Waals surface area contributed by atoms with Crippen LogP contribution >= 0.6 is 53.9 Å². The summed E-state index contributed by atoms with van der Waals surface area (Å²) < 4.78 is 52.5. The molecule has 3 amide bonds. The van der Waals surface area contributed by atoms with E-state index in [0.717, 1.165) is 42.0 Å². The SMILES string of the molecule is C#CCN1C(=O)COc2cc(F)c(/N=c3\snc4n3CC(C)(C)C4)cc21.CC1(C)OC(c2ccco2)CN1C(=O)C(Cl)Cl.CCc1cccc(C)c1N(C(=O)CCl)C(C)COC.C[S+](C)C.O=C(O)CNCP(=O)([O-])O. The number of fused-ring (bicyclic) bond motifs is 2. The summed E-state index contributed by atoms with van der Waals surface area (Å²) in [6.45, 7) is 15.1. The molecule has 0 spiro atoms. The number of aryl methyl sites for hydroxylation is 2. The third-order valence-corrected chi connectivity index (χ3v) is 12.9. The van der Waals surface area contributed by atoms with E-state index >= 15 is 0 Å². The van der Waals surface area contributed by atoms with E-state index in [0.29, 0.717) is 46.0 Å². The summed E-state index contributed by atoms with van der Waals surface area (Å²) in [5.41, 5.74) is 3.15. The number of carboxylic acids is 1. The highest BCUT2D eigenvalue weighted by molar-refractivity contribution is 7.94. The monoisotopic (exact) mass is 1180 g/mol. The third-order valence-electron chi connectivity index (χ3n) is 10.9. The normalized spacial score (nSPS) is 17.2. The number of hydrogen-bond donors (Lipinski definition) is 3. The number of methoxy groups -OCH3 is 1. The van der Waals surface area contributed by atoms with E-state index in [4.69, 9.17) is 69.9 Å². The van der Waals surface area contributed by atoms with Crippen LogP contribution in [-0.2, 0) is 63.5 Å². The molecule has 1 saturated heterocycles. The fourth-order valence-corrected chi connectivity index (χ4v) is 9.32. The zero-order chi connectivity index (χ0) is 57.3. The lowest BCUT2D eigenvalue weighted by atomic mass is 9.92. The van der Waals surface area contributed by atoms with Crippen LogP contribution in [0, 0.1) is 30.5 Å². The quantitative estimate of drug-likeness (QED) is 0.0510. The molecule has 0 radical (unpaired) electrons. The van der Waals surface area contributed by atoms with Crippen LogP contribution in [0.25, 0.3) is 0 Å². The van der Waals surface area contributed by atoms with Crippen molar-refractivity contribution in [2.24, 2.45) is 10.4 Å². The minimum Gasteiger partial charge on any atom is -0.778 e. The maximum Gasteiger partial charge on any atom is 0.317 e. The molecule has 76 heavy (non-hydrogen) atoms. The van der Waals surface area contributed by atoms with Gasteiger partial charge in [0, 0.05) is 37.7 Å². The van der Waals surface area contributed by atoms with E-state index in [2.05, 4.69) is 60.9 Å². The zero-order valence-electron chi connectivity index (χ0n) is 44.4. The van der Waals surface area contributed by atoms with Crippen molar-refractivity contribution in [1.82, 2.24) is 19.2 Å². The Morgan fingerprint density at radius 1 is 1.18 bits per heavy atom. The molecule has 3 unspecified atom stereocenters. The first-order valence-electron chi connectivity index (χ1n) is 23.5. The maximum absolute atomic E-state index is 14.5. The molecule has 2 aromatic carbocycles. The molecule has 4 aromatic rings. The number of carbonyl (C=O) groups excluding carboxylic acids is 3. The van der Waals surface area contributed by atoms with Gasteiger partial charge in [-0.25, -0.2) is 9.38 Å². The number of nitrogens with zero attached hydrogens (tertiary/aromatic N) is 6. The Balaban J connectivity index is 0.000000272. The first-order chi connectivity index (χ1) is 35.5. The summed E-state index contributed by atoms with van der Waals surface area (Å²) in [4.78, 5) is 72.6. The van der Waals surface area contributed by atoms with Crippen LogP contribution in [0.3, 0.4) is 0 Å². The molecular formula is C50H68Cl3FN7O12PS2. The van der Waals surface area contributed by atoms with E-state index in [-0.39, 0.29) is 60.0 Å². The molecule has 5 heterocycles. The first kappa shape index (κ1) is 65.8. The molecule has 0 aliphatic carbocycles. The number of furan rings is 1.